The van der Waals surface area contributed by atoms with E-state index in [-0.39, 0.29) is 40.7 Å². The van der Waals surface area contributed by atoms with Crippen molar-refractivity contribution >= 4 is 52.6 Å². The summed E-state index contributed by atoms with van der Waals surface area (Å²) >= 11 is 1.10. The number of Topliss-reactive ketones (excluding diaryl/α,β-unsaturated/α-hetero) is 1. The molecule has 37 heavy (non-hydrogen) atoms. The number of benzene rings is 2. The Bertz CT molecular complexity index is 1360. The second-order valence-corrected chi connectivity index (χ2v) is 9.29. The van der Waals surface area contributed by atoms with Crippen LogP contribution >= 0.6 is 11.3 Å². The number of hydrogen-bond donors (Lipinski definition) is 4. The van der Waals surface area contributed by atoms with Crippen LogP contribution in [0.4, 0.5) is 10.8 Å². The predicted octanol–water partition coefficient (Wildman–Crippen LogP) is 2.54. The molecule has 0 spiro atoms. The minimum atomic E-state index is -1.42. The molecule has 0 aliphatic carbocycles. The monoisotopic (exact) mass is 522 g/mol. The van der Waals surface area contributed by atoms with Gasteiger partial charge in [0.1, 0.15) is 11.4 Å². The molecule has 0 saturated heterocycles. The average molecular weight is 522 g/mol. The average Bonchev–Trinajstić information content (AvgIpc) is 3.29. The maximum absolute atomic E-state index is 13.2. The van der Waals surface area contributed by atoms with Gasteiger partial charge in [-0.05, 0) is 37.1 Å². The number of carbonyl (C=O) groups excluding carboxylic acids is 2. The van der Waals surface area contributed by atoms with E-state index < -0.39 is 37.2 Å². The first-order valence-corrected chi connectivity index (χ1v) is 12.1. The van der Waals surface area contributed by atoms with Crippen LogP contribution in [-0.4, -0.2) is 52.2 Å². The summed E-state index contributed by atoms with van der Waals surface area (Å²) in [5.74, 6) is -2.78. The minimum Gasteiger partial charge on any atom is -0.535 e. The number of oxime groups is 1. The minimum absolute atomic E-state index is 0.0705. The largest absolute Gasteiger partial charge is 0.535 e. The van der Waals surface area contributed by atoms with Gasteiger partial charge >= 0.3 is 13.1 Å². The number of amides is 1. The van der Waals surface area contributed by atoms with Crippen LogP contribution in [-0.2, 0) is 20.8 Å². The number of nitrogens with two attached hydrogens (primary N) is 1. The smallest absolute Gasteiger partial charge is 0.526 e. The van der Waals surface area contributed by atoms with Crippen LogP contribution in [0, 0.1) is 6.92 Å². The second-order valence-electron chi connectivity index (χ2n) is 8.40. The van der Waals surface area contributed by atoms with E-state index in [9.17, 15) is 24.5 Å². The van der Waals surface area contributed by atoms with E-state index in [0.717, 1.165) is 16.9 Å². The molecular weight excluding hydrogens is 499 g/mol. The number of aromatic nitrogens is 1. The van der Waals surface area contributed by atoms with Crippen LogP contribution in [0.5, 0.6) is 5.75 Å². The molecule has 190 valence electrons. The molecule has 0 fully saturated rings. The number of nitrogens with zero attached hydrogens (tertiary/aromatic N) is 2. The number of nitrogen functional groups attached to an aromatic ring is 1. The molecular formula is C24H23BN4O7S. The number of aromatic carboxylic acids is 1. The van der Waals surface area contributed by atoms with E-state index in [1.807, 2.05) is 19.1 Å². The Balaban J connectivity index is 1.46. The summed E-state index contributed by atoms with van der Waals surface area (Å²) in [7, 11) is -1.42. The highest BCUT2D eigenvalue weighted by molar-refractivity contribution is 7.13. The maximum Gasteiger partial charge on any atom is 0.526 e. The zero-order chi connectivity index (χ0) is 26.5. The van der Waals surface area contributed by atoms with Crippen molar-refractivity contribution in [1.29, 1.82) is 0 Å². The van der Waals surface area contributed by atoms with E-state index in [0.29, 0.717) is 11.3 Å². The molecule has 0 unspecified atom stereocenters. The first-order chi connectivity index (χ1) is 17.7. The Hall–Kier alpha value is -4.23. The predicted molar refractivity (Wildman–Crippen MR) is 138 cm³/mol. The van der Waals surface area contributed by atoms with Gasteiger partial charge in [0.2, 0.25) is 0 Å². The van der Waals surface area contributed by atoms with Gasteiger partial charge in [-0.1, -0.05) is 35.0 Å². The number of nitrogens with one attached hydrogen (secondary N) is 1. The van der Waals surface area contributed by atoms with Gasteiger partial charge in [-0.2, -0.15) is 0 Å². The second kappa shape index (κ2) is 11.2. The molecule has 0 saturated carbocycles. The summed E-state index contributed by atoms with van der Waals surface area (Å²) in [6.07, 6.45) is 0.00273. The van der Waals surface area contributed by atoms with Gasteiger partial charge in [0.25, 0.3) is 5.91 Å². The fraction of sp³-hybridized carbons (Fsp3) is 0.208. The van der Waals surface area contributed by atoms with E-state index in [4.69, 9.17) is 15.2 Å². The Morgan fingerprint density at radius 2 is 2.03 bits per heavy atom. The number of rotatable bonds is 9. The van der Waals surface area contributed by atoms with Crippen molar-refractivity contribution in [2.75, 3.05) is 17.7 Å². The van der Waals surface area contributed by atoms with E-state index in [1.54, 1.807) is 24.3 Å². The van der Waals surface area contributed by atoms with Crippen molar-refractivity contribution in [3.8, 4) is 5.75 Å². The van der Waals surface area contributed by atoms with Crippen LogP contribution in [0.3, 0.4) is 0 Å². The van der Waals surface area contributed by atoms with Gasteiger partial charge in [-0.15, -0.1) is 11.3 Å². The lowest BCUT2D eigenvalue weighted by Crippen LogP contribution is -2.37. The summed E-state index contributed by atoms with van der Waals surface area (Å²) in [5, 5.41) is 28.2. The fourth-order valence-corrected chi connectivity index (χ4v) is 4.34. The number of anilines is 2. The van der Waals surface area contributed by atoms with Crippen molar-refractivity contribution in [1.82, 2.24) is 4.98 Å². The normalized spacial score (nSPS) is 14.9. The molecule has 2 aromatic carbocycles. The van der Waals surface area contributed by atoms with Crippen LogP contribution in [0.25, 0.3) is 0 Å². The van der Waals surface area contributed by atoms with Crippen LogP contribution in [0.1, 0.15) is 33.6 Å². The van der Waals surface area contributed by atoms with Crippen molar-refractivity contribution in [2.45, 2.75) is 25.6 Å². The summed E-state index contributed by atoms with van der Waals surface area (Å²) in [5.41, 5.74) is 7.85. The number of hydrogen-bond acceptors (Lipinski definition) is 10. The molecule has 3 aromatic rings. The third-order valence-corrected chi connectivity index (χ3v) is 6.29. The summed E-state index contributed by atoms with van der Waals surface area (Å²) in [6, 6.07) is 11.8. The van der Waals surface area contributed by atoms with Gasteiger partial charge in [0.05, 0.1) is 5.56 Å². The molecule has 0 radical (unpaired) electrons. The maximum atomic E-state index is 13.2. The van der Waals surface area contributed by atoms with Crippen molar-refractivity contribution < 1.29 is 34.0 Å². The Morgan fingerprint density at radius 3 is 2.70 bits per heavy atom. The first-order valence-electron chi connectivity index (χ1n) is 11.2. The third kappa shape index (κ3) is 6.32. The standard InChI is InChI=1S/C24H23BN4O7S/c1-13-5-7-16(8-6-13)27-20(31)11-35-29-21(18-12-37-24(26)28-18)19(30)10-15-9-14-3-2-4-17(23(32)33)22(14)36-25(15)34/h2-8,12,15,34H,9-11H2,1H3,(H2,26,28)(H,27,31)(H,32,33)/b29-21-/t15-/m1/s1. The summed E-state index contributed by atoms with van der Waals surface area (Å²) in [6.45, 7) is 1.47. The molecule has 4 rings (SSSR count). The summed E-state index contributed by atoms with van der Waals surface area (Å²) < 4.78 is 5.47. The molecule has 13 heteroatoms. The van der Waals surface area contributed by atoms with Crippen molar-refractivity contribution in [2.24, 2.45) is 5.16 Å². The fourth-order valence-electron chi connectivity index (χ4n) is 3.79. The number of fused-ring (bicyclic) bond motifs is 1. The van der Waals surface area contributed by atoms with Gasteiger partial charge in [0, 0.05) is 23.3 Å². The molecule has 1 atom stereocenters. The number of ketones is 1. The van der Waals surface area contributed by atoms with Crippen molar-refractivity contribution in [3.05, 3.63) is 70.2 Å². The SMILES string of the molecule is Cc1ccc(NC(=O)CO/N=C(\C(=O)C[C@H]2Cc3cccc(C(=O)O)c3OB2O)c2csc(N)n2)cc1. The van der Waals surface area contributed by atoms with Crippen LogP contribution in [0.15, 0.2) is 53.0 Å². The quantitative estimate of drug-likeness (QED) is 0.187. The highest BCUT2D eigenvalue weighted by atomic mass is 32.1. The van der Waals surface area contributed by atoms with Gasteiger partial charge in [-0.25, -0.2) is 9.78 Å². The topological polar surface area (TPSA) is 173 Å². The molecule has 2 heterocycles. The third-order valence-electron chi connectivity index (χ3n) is 5.61. The van der Waals surface area contributed by atoms with Gasteiger partial charge < -0.3 is 30.7 Å². The number of aryl methyl sites for hydroxylation is 1. The Morgan fingerprint density at radius 1 is 1.27 bits per heavy atom. The molecule has 0 bridgehead atoms. The zero-order valence-electron chi connectivity index (χ0n) is 19.7. The van der Waals surface area contributed by atoms with E-state index >= 15 is 0 Å². The molecule has 1 aliphatic rings. The Kier molecular flexibility index (Phi) is 7.84. The Labute approximate surface area is 216 Å². The molecule has 1 aromatic heterocycles. The van der Waals surface area contributed by atoms with E-state index in [2.05, 4.69) is 15.5 Å². The number of carboxylic acid groups (broad SMARTS) is 1. The van der Waals surface area contributed by atoms with E-state index in [1.165, 1.54) is 11.4 Å². The summed E-state index contributed by atoms with van der Waals surface area (Å²) in [4.78, 5) is 46.2. The lowest BCUT2D eigenvalue weighted by Gasteiger charge is -2.28. The van der Waals surface area contributed by atoms with Gasteiger partial charge in [0.15, 0.2) is 23.2 Å². The molecule has 11 nitrogen and oxygen atoms in total. The van der Waals surface area contributed by atoms with Gasteiger partial charge in [-0.3, -0.25) is 9.59 Å². The highest BCUT2D eigenvalue weighted by Crippen LogP contribution is 2.36. The zero-order valence-corrected chi connectivity index (χ0v) is 20.5. The number of carbonyl (C=O) groups is 3. The van der Waals surface area contributed by atoms with Crippen molar-refractivity contribution in [3.63, 3.8) is 0 Å². The number of thiazole rings is 1. The molecule has 5 N–H and O–H groups in total. The first kappa shape index (κ1) is 25.9. The molecule has 1 amide bonds. The lowest BCUT2D eigenvalue weighted by atomic mass is 9.64. The number of para-hydroxylation sites is 1. The lowest BCUT2D eigenvalue weighted by molar-refractivity contribution is -0.121. The van der Waals surface area contributed by atoms with Crippen LogP contribution < -0.4 is 15.7 Å². The number of carboxylic acids is 1. The molecule has 1 aliphatic heterocycles. The van der Waals surface area contributed by atoms with Crippen LogP contribution in [0.2, 0.25) is 5.82 Å². The highest BCUT2D eigenvalue weighted by Gasteiger charge is 2.39.